The standard InChI is InChI=1S/C26H30N2O6/c29-17-6-5-14-28(15-13-17)25(32)23(11-12-24(30)31)27-26(33)34-16-22-20-9-3-1-7-18(20)19-8-2-4-10-21(19)22/h1-4,7-10,17,22-23,29H,5-6,11-16H2,(H,27,33)(H,30,31). The highest BCUT2D eigenvalue weighted by molar-refractivity contribution is 5.86. The lowest BCUT2D eigenvalue weighted by Crippen LogP contribution is -2.49. The fourth-order valence-electron chi connectivity index (χ4n) is 4.83. The Morgan fingerprint density at radius 3 is 2.29 bits per heavy atom. The third-order valence-electron chi connectivity index (χ3n) is 6.59. The molecule has 1 fully saturated rings. The lowest BCUT2D eigenvalue weighted by Gasteiger charge is -2.26. The highest BCUT2D eigenvalue weighted by atomic mass is 16.5. The van der Waals surface area contributed by atoms with Crippen molar-refractivity contribution in [2.75, 3.05) is 19.7 Å². The van der Waals surface area contributed by atoms with E-state index < -0.39 is 24.2 Å². The Hall–Kier alpha value is -3.39. The molecule has 2 aromatic carbocycles. The van der Waals surface area contributed by atoms with Crippen LogP contribution in [0.3, 0.4) is 0 Å². The molecule has 1 heterocycles. The van der Waals surface area contributed by atoms with Crippen LogP contribution in [0.15, 0.2) is 48.5 Å². The second-order valence-electron chi connectivity index (χ2n) is 8.86. The summed E-state index contributed by atoms with van der Waals surface area (Å²) < 4.78 is 5.55. The maximum Gasteiger partial charge on any atom is 0.407 e. The first kappa shape index (κ1) is 23.8. The van der Waals surface area contributed by atoms with Crippen LogP contribution in [0.25, 0.3) is 11.1 Å². The van der Waals surface area contributed by atoms with Gasteiger partial charge in [0.1, 0.15) is 12.6 Å². The molecule has 0 aromatic heterocycles. The van der Waals surface area contributed by atoms with Crippen LogP contribution in [0, 0.1) is 0 Å². The van der Waals surface area contributed by atoms with Gasteiger partial charge >= 0.3 is 12.1 Å². The average Bonchev–Trinajstić information content (AvgIpc) is 2.98. The number of hydrogen-bond donors (Lipinski definition) is 3. The first-order valence-electron chi connectivity index (χ1n) is 11.7. The molecule has 2 amide bonds. The molecule has 2 atom stereocenters. The monoisotopic (exact) mass is 466 g/mol. The molecule has 3 N–H and O–H groups in total. The maximum atomic E-state index is 13.1. The molecule has 0 saturated carbocycles. The number of ether oxygens (including phenoxy) is 1. The number of hydrogen-bond acceptors (Lipinski definition) is 5. The summed E-state index contributed by atoms with van der Waals surface area (Å²) in [6.07, 6.45) is 0.245. The highest BCUT2D eigenvalue weighted by Gasteiger charge is 2.31. The number of nitrogens with one attached hydrogen (secondary N) is 1. The molecule has 1 aliphatic heterocycles. The van der Waals surface area contributed by atoms with E-state index in [-0.39, 0.29) is 31.3 Å². The highest BCUT2D eigenvalue weighted by Crippen LogP contribution is 2.44. The molecule has 0 spiro atoms. The number of aliphatic hydroxyl groups is 1. The van der Waals surface area contributed by atoms with Crippen LogP contribution in [0.4, 0.5) is 4.79 Å². The second kappa shape index (κ2) is 10.7. The molecule has 2 aliphatic rings. The van der Waals surface area contributed by atoms with Crippen LogP contribution in [0.2, 0.25) is 0 Å². The molecule has 0 bridgehead atoms. The lowest BCUT2D eigenvalue weighted by molar-refractivity contribution is -0.138. The number of carbonyl (C=O) groups excluding carboxylic acids is 2. The van der Waals surface area contributed by atoms with Crippen molar-refractivity contribution in [3.63, 3.8) is 0 Å². The van der Waals surface area contributed by atoms with Crippen LogP contribution in [0.1, 0.15) is 49.1 Å². The van der Waals surface area contributed by atoms with Gasteiger partial charge in [0.2, 0.25) is 5.91 Å². The number of rotatable bonds is 7. The van der Waals surface area contributed by atoms with E-state index in [1.54, 1.807) is 4.90 Å². The lowest BCUT2D eigenvalue weighted by atomic mass is 9.98. The molecule has 0 radical (unpaired) electrons. The number of likely N-dealkylation sites (tertiary alicyclic amines) is 1. The SMILES string of the molecule is O=C(O)CCC(NC(=O)OCC1c2ccccc2-c2ccccc21)C(=O)N1CCCC(O)CC1. The number of nitrogens with zero attached hydrogens (tertiary/aromatic N) is 1. The third kappa shape index (κ3) is 5.39. The zero-order valence-electron chi connectivity index (χ0n) is 19.0. The Morgan fingerprint density at radius 1 is 1.00 bits per heavy atom. The molecule has 180 valence electrons. The number of carboxylic acid groups (broad SMARTS) is 1. The van der Waals surface area contributed by atoms with E-state index in [1.807, 2.05) is 48.5 Å². The van der Waals surface area contributed by atoms with Crippen molar-refractivity contribution in [3.05, 3.63) is 59.7 Å². The molecule has 2 aromatic rings. The average molecular weight is 467 g/mol. The van der Waals surface area contributed by atoms with Crippen molar-refractivity contribution < 1.29 is 29.3 Å². The van der Waals surface area contributed by atoms with Gasteiger partial charge in [-0.1, -0.05) is 48.5 Å². The Morgan fingerprint density at radius 2 is 1.65 bits per heavy atom. The minimum absolute atomic E-state index is 0.0303. The van der Waals surface area contributed by atoms with Crippen LogP contribution in [-0.2, 0) is 14.3 Å². The molecular weight excluding hydrogens is 436 g/mol. The van der Waals surface area contributed by atoms with Crippen molar-refractivity contribution in [1.82, 2.24) is 10.2 Å². The predicted molar refractivity (Wildman–Crippen MR) is 125 cm³/mol. The molecular formula is C26H30N2O6. The van der Waals surface area contributed by atoms with E-state index in [1.165, 1.54) is 0 Å². The fourth-order valence-corrected chi connectivity index (χ4v) is 4.83. The third-order valence-corrected chi connectivity index (χ3v) is 6.59. The Labute approximate surface area is 198 Å². The summed E-state index contributed by atoms with van der Waals surface area (Å²) >= 11 is 0. The van der Waals surface area contributed by atoms with Gasteiger partial charge < -0.3 is 25.2 Å². The molecule has 1 saturated heterocycles. The Balaban J connectivity index is 1.42. The van der Waals surface area contributed by atoms with E-state index in [0.29, 0.717) is 32.4 Å². The van der Waals surface area contributed by atoms with E-state index >= 15 is 0 Å². The number of aliphatic carboxylic acids is 1. The van der Waals surface area contributed by atoms with Crippen LogP contribution < -0.4 is 5.32 Å². The smallest absolute Gasteiger partial charge is 0.407 e. The maximum absolute atomic E-state index is 13.1. The van der Waals surface area contributed by atoms with Crippen LogP contribution in [0.5, 0.6) is 0 Å². The topological polar surface area (TPSA) is 116 Å². The summed E-state index contributed by atoms with van der Waals surface area (Å²) in [5, 5.41) is 21.6. The number of amides is 2. The molecule has 8 heteroatoms. The zero-order valence-corrected chi connectivity index (χ0v) is 19.0. The van der Waals surface area contributed by atoms with E-state index in [4.69, 9.17) is 9.84 Å². The normalized spacial score (nSPS) is 18.4. The van der Waals surface area contributed by atoms with Gasteiger partial charge in [-0.2, -0.15) is 0 Å². The summed E-state index contributed by atoms with van der Waals surface area (Å²) in [5.74, 6) is -1.50. The van der Waals surface area contributed by atoms with Gasteiger partial charge in [0.25, 0.3) is 0 Å². The zero-order chi connectivity index (χ0) is 24.1. The molecule has 1 aliphatic carbocycles. The van der Waals surface area contributed by atoms with Crippen molar-refractivity contribution in [3.8, 4) is 11.1 Å². The Bertz CT molecular complexity index is 1010. The summed E-state index contributed by atoms with van der Waals surface area (Å²) in [4.78, 5) is 38.5. The number of aliphatic hydroxyl groups excluding tert-OH is 1. The summed E-state index contributed by atoms with van der Waals surface area (Å²) in [6, 6.07) is 15.0. The summed E-state index contributed by atoms with van der Waals surface area (Å²) in [5.41, 5.74) is 4.39. The van der Waals surface area contributed by atoms with Crippen LogP contribution in [-0.4, -0.2) is 64.9 Å². The number of fused-ring (bicyclic) bond motifs is 3. The van der Waals surface area contributed by atoms with Gasteiger partial charge in [-0.3, -0.25) is 9.59 Å². The molecule has 8 nitrogen and oxygen atoms in total. The van der Waals surface area contributed by atoms with Crippen LogP contribution >= 0.6 is 0 Å². The fraction of sp³-hybridized carbons (Fsp3) is 0.423. The van der Waals surface area contributed by atoms with Gasteiger partial charge in [0, 0.05) is 25.4 Å². The molecule has 2 unspecified atom stereocenters. The van der Waals surface area contributed by atoms with Crippen molar-refractivity contribution in [2.24, 2.45) is 0 Å². The minimum atomic E-state index is -1.04. The first-order chi connectivity index (χ1) is 16.4. The summed E-state index contributed by atoms with van der Waals surface area (Å²) in [7, 11) is 0. The van der Waals surface area contributed by atoms with Crippen molar-refractivity contribution in [1.29, 1.82) is 0 Å². The summed E-state index contributed by atoms with van der Waals surface area (Å²) in [6.45, 7) is 0.942. The van der Waals surface area contributed by atoms with Gasteiger partial charge in [-0.05, 0) is 47.9 Å². The molecule has 4 rings (SSSR count). The number of benzene rings is 2. The van der Waals surface area contributed by atoms with Gasteiger partial charge in [0.05, 0.1) is 6.10 Å². The van der Waals surface area contributed by atoms with Crippen molar-refractivity contribution in [2.45, 2.75) is 50.2 Å². The van der Waals surface area contributed by atoms with E-state index in [0.717, 1.165) is 22.3 Å². The first-order valence-corrected chi connectivity index (χ1v) is 11.7. The van der Waals surface area contributed by atoms with Gasteiger partial charge in [-0.15, -0.1) is 0 Å². The van der Waals surface area contributed by atoms with Crippen molar-refractivity contribution >= 4 is 18.0 Å². The van der Waals surface area contributed by atoms with E-state index in [9.17, 15) is 19.5 Å². The quantitative estimate of drug-likeness (QED) is 0.577. The number of carboxylic acids is 1. The Kier molecular flexibility index (Phi) is 7.47. The van der Waals surface area contributed by atoms with Gasteiger partial charge in [-0.25, -0.2) is 4.79 Å². The predicted octanol–water partition coefficient (Wildman–Crippen LogP) is 3.13. The molecule has 34 heavy (non-hydrogen) atoms. The number of alkyl carbamates (subject to hydrolysis) is 1. The van der Waals surface area contributed by atoms with E-state index in [2.05, 4.69) is 5.32 Å². The second-order valence-corrected chi connectivity index (χ2v) is 8.86. The van der Waals surface area contributed by atoms with Gasteiger partial charge in [0.15, 0.2) is 0 Å². The minimum Gasteiger partial charge on any atom is -0.481 e. The largest absolute Gasteiger partial charge is 0.481 e. The number of carbonyl (C=O) groups is 3.